The summed E-state index contributed by atoms with van der Waals surface area (Å²) < 4.78 is 58.8. The molecule has 0 bridgehead atoms. The maximum Gasteiger partial charge on any atom is 0.417 e. The van der Waals surface area contributed by atoms with Gasteiger partial charge in [-0.25, -0.2) is 9.37 Å². The molecule has 2 heterocycles. The third-order valence-corrected chi connectivity index (χ3v) is 5.36. The van der Waals surface area contributed by atoms with E-state index in [1.165, 1.54) is 18.2 Å². The Hall–Kier alpha value is -4.14. The number of anilines is 1. The standard InChI is InChI=1S/C26H22F4N4O/c1-17-13-20(14-32-33-25-12-5-21(15-31-25)26(28,29)30)18(2)34(17)23-8-10-24(11-9-23)35-16-19-3-6-22(27)7-4-19/h3-15H,16H2,1-2H3,(H,31,33)/b32-14-. The average molecular weight is 482 g/mol. The van der Waals surface area contributed by atoms with Crippen molar-refractivity contribution >= 4 is 12.0 Å². The Morgan fingerprint density at radius 1 is 1.00 bits per heavy atom. The fourth-order valence-electron chi connectivity index (χ4n) is 3.55. The van der Waals surface area contributed by atoms with Gasteiger partial charge in [-0.05, 0) is 74.0 Å². The number of nitrogens with zero attached hydrogens (tertiary/aromatic N) is 3. The van der Waals surface area contributed by atoms with Crippen molar-refractivity contribution in [3.63, 3.8) is 0 Å². The molecule has 2 aromatic carbocycles. The van der Waals surface area contributed by atoms with E-state index in [0.717, 1.165) is 40.5 Å². The van der Waals surface area contributed by atoms with Crippen LogP contribution in [0, 0.1) is 19.7 Å². The third kappa shape index (κ3) is 5.87. The molecule has 4 rings (SSSR count). The quantitative estimate of drug-likeness (QED) is 0.182. The maximum absolute atomic E-state index is 13.0. The summed E-state index contributed by atoms with van der Waals surface area (Å²) in [5.74, 6) is 0.613. The Labute approximate surface area is 199 Å². The summed E-state index contributed by atoms with van der Waals surface area (Å²) in [5.41, 5.74) is 6.41. The van der Waals surface area contributed by atoms with Gasteiger partial charge in [-0.15, -0.1) is 0 Å². The van der Waals surface area contributed by atoms with Gasteiger partial charge in [-0.1, -0.05) is 12.1 Å². The monoisotopic (exact) mass is 482 g/mol. The van der Waals surface area contributed by atoms with Crippen LogP contribution >= 0.6 is 0 Å². The molecule has 0 aliphatic carbocycles. The molecule has 0 spiro atoms. The first-order valence-electron chi connectivity index (χ1n) is 10.7. The largest absolute Gasteiger partial charge is 0.489 e. The number of halogens is 4. The molecular weight excluding hydrogens is 460 g/mol. The highest BCUT2D eigenvalue weighted by Crippen LogP contribution is 2.29. The number of pyridine rings is 1. The van der Waals surface area contributed by atoms with Crippen molar-refractivity contribution in [2.75, 3.05) is 5.43 Å². The van der Waals surface area contributed by atoms with E-state index in [4.69, 9.17) is 4.74 Å². The van der Waals surface area contributed by atoms with Gasteiger partial charge < -0.3 is 9.30 Å². The molecule has 2 aromatic heterocycles. The molecular formula is C26H22F4N4O. The van der Waals surface area contributed by atoms with Gasteiger partial charge >= 0.3 is 6.18 Å². The van der Waals surface area contributed by atoms with Crippen LogP contribution in [0.2, 0.25) is 0 Å². The molecule has 0 saturated carbocycles. The van der Waals surface area contributed by atoms with Gasteiger partial charge in [0.25, 0.3) is 0 Å². The van der Waals surface area contributed by atoms with E-state index in [2.05, 4.69) is 20.1 Å². The zero-order valence-electron chi connectivity index (χ0n) is 19.0. The van der Waals surface area contributed by atoms with Crippen LogP contribution in [0.15, 0.2) is 78.0 Å². The second-order valence-electron chi connectivity index (χ2n) is 7.87. The highest BCUT2D eigenvalue weighted by atomic mass is 19.4. The van der Waals surface area contributed by atoms with E-state index < -0.39 is 11.7 Å². The van der Waals surface area contributed by atoms with E-state index in [0.29, 0.717) is 12.4 Å². The molecule has 0 fully saturated rings. The van der Waals surface area contributed by atoms with Crippen molar-refractivity contribution in [3.05, 3.63) is 107 Å². The van der Waals surface area contributed by atoms with Crippen LogP contribution in [0.4, 0.5) is 23.4 Å². The Kier molecular flexibility index (Phi) is 6.86. The Morgan fingerprint density at radius 2 is 1.71 bits per heavy atom. The van der Waals surface area contributed by atoms with E-state index in [1.807, 2.05) is 44.2 Å². The van der Waals surface area contributed by atoms with Gasteiger partial charge in [-0.3, -0.25) is 5.43 Å². The number of benzene rings is 2. The molecule has 5 nitrogen and oxygen atoms in total. The Bertz CT molecular complexity index is 1310. The average Bonchev–Trinajstić information content (AvgIpc) is 3.11. The number of hydrogen-bond donors (Lipinski definition) is 1. The molecule has 0 unspecified atom stereocenters. The number of aromatic nitrogens is 2. The fraction of sp³-hybridized carbons (Fsp3) is 0.154. The second kappa shape index (κ2) is 10.0. The molecule has 180 valence electrons. The van der Waals surface area contributed by atoms with E-state index in [-0.39, 0.29) is 11.6 Å². The molecule has 0 aliphatic rings. The van der Waals surface area contributed by atoms with Gasteiger partial charge in [0.1, 0.15) is 24.0 Å². The van der Waals surface area contributed by atoms with Crippen molar-refractivity contribution in [1.29, 1.82) is 0 Å². The highest BCUT2D eigenvalue weighted by molar-refractivity contribution is 5.82. The van der Waals surface area contributed by atoms with Crippen LogP contribution in [0.3, 0.4) is 0 Å². The van der Waals surface area contributed by atoms with Gasteiger partial charge in [-0.2, -0.15) is 18.3 Å². The Morgan fingerprint density at radius 3 is 2.34 bits per heavy atom. The highest BCUT2D eigenvalue weighted by Gasteiger charge is 2.30. The smallest absolute Gasteiger partial charge is 0.417 e. The van der Waals surface area contributed by atoms with Gasteiger partial charge in [0, 0.05) is 28.8 Å². The molecule has 0 amide bonds. The fourth-order valence-corrected chi connectivity index (χ4v) is 3.55. The molecule has 9 heteroatoms. The van der Waals surface area contributed by atoms with Crippen molar-refractivity contribution in [2.45, 2.75) is 26.6 Å². The zero-order chi connectivity index (χ0) is 25.0. The van der Waals surface area contributed by atoms with Crippen LogP contribution < -0.4 is 10.2 Å². The number of hydrazone groups is 1. The van der Waals surface area contributed by atoms with Crippen LogP contribution in [-0.4, -0.2) is 15.8 Å². The topological polar surface area (TPSA) is 51.4 Å². The van der Waals surface area contributed by atoms with E-state index in [9.17, 15) is 17.6 Å². The number of alkyl halides is 3. The lowest BCUT2D eigenvalue weighted by Gasteiger charge is -2.11. The molecule has 1 N–H and O–H groups in total. The van der Waals surface area contributed by atoms with Crippen LogP contribution in [-0.2, 0) is 12.8 Å². The number of hydrogen-bond acceptors (Lipinski definition) is 4. The first-order valence-corrected chi connectivity index (χ1v) is 10.7. The molecule has 35 heavy (non-hydrogen) atoms. The normalized spacial score (nSPS) is 11.7. The predicted octanol–water partition coefficient (Wildman–Crippen LogP) is 6.67. The predicted molar refractivity (Wildman–Crippen MR) is 126 cm³/mol. The molecule has 4 aromatic rings. The van der Waals surface area contributed by atoms with E-state index >= 15 is 0 Å². The number of rotatable bonds is 7. The number of aryl methyl sites for hydroxylation is 1. The lowest BCUT2D eigenvalue weighted by atomic mass is 10.2. The minimum absolute atomic E-state index is 0.208. The number of nitrogens with one attached hydrogen (secondary N) is 1. The van der Waals surface area contributed by atoms with Crippen molar-refractivity contribution in [2.24, 2.45) is 5.10 Å². The summed E-state index contributed by atoms with van der Waals surface area (Å²) in [7, 11) is 0. The summed E-state index contributed by atoms with van der Waals surface area (Å²) in [5, 5.41) is 4.11. The molecule has 0 atom stereocenters. The van der Waals surface area contributed by atoms with Crippen molar-refractivity contribution in [3.8, 4) is 11.4 Å². The van der Waals surface area contributed by atoms with Crippen LogP contribution in [0.1, 0.15) is 28.1 Å². The first kappa shape index (κ1) is 24.0. The summed E-state index contributed by atoms with van der Waals surface area (Å²) in [6, 6.07) is 17.9. The lowest BCUT2D eigenvalue weighted by molar-refractivity contribution is -0.137. The summed E-state index contributed by atoms with van der Waals surface area (Å²) in [6.45, 7) is 4.25. The van der Waals surface area contributed by atoms with Gasteiger partial charge in [0.05, 0.1) is 11.8 Å². The van der Waals surface area contributed by atoms with E-state index in [1.54, 1.807) is 18.3 Å². The minimum Gasteiger partial charge on any atom is -0.489 e. The molecule has 0 saturated heterocycles. The lowest BCUT2D eigenvalue weighted by Crippen LogP contribution is -2.05. The number of ether oxygens (including phenoxy) is 1. The summed E-state index contributed by atoms with van der Waals surface area (Å²) in [4.78, 5) is 3.74. The van der Waals surface area contributed by atoms with Crippen LogP contribution in [0.25, 0.3) is 5.69 Å². The minimum atomic E-state index is -4.43. The van der Waals surface area contributed by atoms with Crippen LogP contribution in [0.5, 0.6) is 5.75 Å². The maximum atomic E-state index is 13.0. The summed E-state index contributed by atoms with van der Waals surface area (Å²) >= 11 is 0. The third-order valence-electron chi connectivity index (χ3n) is 5.36. The van der Waals surface area contributed by atoms with Crippen molar-refractivity contribution in [1.82, 2.24) is 9.55 Å². The molecule has 0 radical (unpaired) electrons. The first-order chi connectivity index (χ1) is 16.7. The van der Waals surface area contributed by atoms with Gasteiger partial charge in [0.2, 0.25) is 0 Å². The van der Waals surface area contributed by atoms with Crippen molar-refractivity contribution < 1.29 is 22.3 Å². The SMILES string of the molecule is Cc1cc(/C=N\Nc2ccc(C(F)(F)F)cn2)c(C)n1-c1ccc(OCc2ccc(F)cc2)cc1. The zero-order valence-corrected chi connectivity index (χ0v) is 19.0. The van der Waals surface area contributed by atoms with Gasteiger partial charge in [0.15, 0.2) is 0 Å². The second-order valence-corrected chi connectivity index (χ2v) is 7.87. The summed E-state index contributed by atoms with van der Waals surface area (Å²) in [6.07, 6.45) is -2.08. The Balaban J connectivity index is 1.41. The molecule has 0 aliphatic heterocycles.